The van der Waals surface area contributed by atoms with Crippen molar-refractivity contribution < 1.29 is 0 Å². The minimum absolute atomic E-state index is 0.543. The molecule has 4 heteroatoms. The molecule has 1 saturated heterocycles. The second-order valence-electron chi connectivity index (χ2n) is 6.40. The van der Waals surface area contributed by atoms with Gasteiger partial charge in [0.05, 0.1) is 5.52 Å². The largest absolute Gasteiger partial charge is 0.383 e. The van der Waals surface area contributed by atoms with E-state index < -0.39 is 0 Å². The summed E-state index contributed by atoms with van der Waals surface area (Å²) in [6.07, 6.45) is 0. The fourth-order valence-corrected chi connectivity index (χ4v) is 3.10. The number of nitrogens with one attached hydrogen (secondary N) is 1. The molecule has 1 aliphatic heterocycles. The number of piperazine rings is 1. The van der Waals surface area contributed by atoms with E-state index in [1.807, 2.05) is 6.07 Å². The van der Waals surface area contributed by atoms with Gasteiger partial charge in [0.25, 0.3) is 0 Å². The number of aromatic nitrogens is 1. The van der Waals surface area contributed by atoms with Gasteiger partial charge < -0.3 is 10.2 Å². The molecule has 1 aromatic carbocycles. The number of nitrogens with zero attached hydrogens (tertiary/aromatic N) is 3. The van der Waals surface area contributed by atoms with E-state index in [1.165, 1.54) is 24.2 Å². The van der Waals surface area contributed by atoms with Crippen LogP contribution in [0.1, 0.15) is 12.6 Å². The van der Waals surface area contributed by atoms with Gasteiger partial charge in [-0.1, -0.05) is 18.2 Å². The first-order valence-electron chi connectivity index (χ1n) is 8.16. The van der Waals surface area contributed by atoms with E-state index >= 15 is 0 Å². The summed E-state index contributed by atoms with van der Waals surface area (Å²) < 4.78 is 0. The number of anilines is 1. The van der Waals surface area contributed by atoms with Gasteiger partial charge in [-0.05, 0) is 33.0 Å². The molecule has 1 aliphatic rings. The molecule has 1 N–H and O–H groups in total. The Labute approximate surface area is 133 Å². The summed E-state index contributed by atoms with van der Waals surface area (Å²) in [6.45, 7) is 10.0. The predicted octanol–water partition coefficient (Wildman–Crippen LogP) is 2.59. The molecule has 4 nitrogen and oxygen atoms in total. The fraction of sp³-hybridized carbons (Fsp3) is 0.500. The third kappa shape index (κ3) is 3.39. The van der Waals surface area contributed by atoms with E-state index in [0.29, 0.717) is 6.04 Å². The molecule has 1 unspecified atom stereocenters. The Morgan fingerprint density at radius 2 is 1.91 bits per heavy atom. The number of rotatable bonds is 4. The highest BCUT2D eigenvalue weighted by molar-refractivity contribution is 5.91. The predicted molar refractivity (Wildman–Crippen MR) is 93.5 cm³/mol. The number of aryl methyl sites for hydroxylation is 1. The van der Waals surface area contributed by atoms with Crippen molar-refractivity contribution in [1.29, 1.82) is 0 Å². The monoisotopic (exact) mass is 298 g/mol. The van der Waals surface area contributed by atoms with Crippen LogP contribution < -0.4 is 5.32 Å². The highest BCUT2D eigenvalue weighted by Gasteiger charge is 2.19. The molecule has 22 heavy (non-hydrogen) atoms. The van der Waals surface area contributed by atoms with Crippen LogP contribution in [0, 0.1) is 6.92 Å². The van der Waals surface area contributed by atoms with Crippen LogP contribution in [0.4, 0.5) is 5.69 Å². The van der Waals surface area contributed by atoms with Crippen LogP contribution in [0.25, 0.3) is 10.9 Å². The fourth-order valence-electron chi connectivity index (χ4n) is 3.10. The highest BCUT2D eigenvalue weighted by Crippen LogP contribution is 2.23. The average molecular weight is 298 g/mol. The van der Waals surface area contributed by atoms with Crippen LogP contribution in [-0.4, -0.2) is 60.6 Å². The van der Waals surface area contributed by atoms with Crippen LogP contribution >= 0.6 is 0 Å². The lowest BCUT2D eigenvalue weighted by Crippen LogP contribution is -2.49. The van der Waals surface area contributed by atoms with E-state index in [9.17, 15) is 0 Å². The number of para-hydroxylation sites is 1. The number of benzene rings is 1. The smallest absolute Gasteiger partial charge is 0.0725 e. The first-order chi connectivity index (χ1) is 10.6. The lowest BCUT2D eigenvalue weighted by Gasteiger charge is -2.36. The molecule has 0 amide bonds. The van der Waals surface area contributed by atoms with Crippen molar-refractivity contribution in [2.45, 2.75) is 19.9 Å². The van der Waals surface area contributed by atoms with E-state index in [2.05, 4.69) is 65.3 Å². The minimum atomic E-state index is 0.543. The van der Waals surface area contributed by atoms with E-state index in [1.54, 1.807) is 0 Å². The lowest BCUT2D eigenvalue weighted by molar-refractivity contribution is 0.123. The second kappa shape index (κ2) is 6.63. The molecular formula is C18H26N4. The standard InChI is InChI=1S/C18H26N4/c1-14-12-18(16-6-4-5-7-17(16)20-14)19-13-15(2)22-10-8-21(3)9-11-22/h4-7,12,15H,8-11,13H2,1-3H3,(H,19,20). The van der Waals surface area contributed by atoms with Gasteiger partial charge in [0.1, 0.15) is 0 Å². The summed E-state index contributed by atoms with van der Waals surface area (Å²) in [5.74, 6) is 0. The quantitative estimate of drug-likeness (QED) is 0.940. The summed E-state index contributed by atoms with van der Waals surface area (Å²) in [4.78, 5) is 9.58. The van der Waals surface area contributed by atoms with Crippen molar-refractivity contribution >= 4 is 16.6 Å². The summed E-state index contributed by atoms with van der Waals surface area (Å²) in [6, 6.07) is 11.0. The zero-order valence-electron chi connectivity index (χ0n) is 13.8. The summed E-state index contributed by atoms with van der Waals surface area (Å²) in [7, 11) is 2.20. The van der Waals surface area contributed by atoms with E-state index in [4.69, 9.17) is 0 Å². The molecule has 0 bridgehead atoms. The molecule has 0 spiro atoms. The minimum Gasteiger partial charge on any atom is -0.383 e. The molecule has 1 atom stereocenters. The highest BCUT2D eigenvalue weighted by atomic mass is 15.3. The molecular weight excluding hydrogens is 272 g/mol. The molecule has 0 radical (unpaired) electrons. The van der Waals surface area contributed by atoms with Gasteiger partial charge in [0, 0.05) is 55.5 Å². The third-order valence-corrected chi connectivity index (χ3v) is 4.59. The van der Waals surface area contributed by atoms with E-state index in [-0.39, 0.29) is 0 Å². The third-order valence-electron chi connectivity index (χ3n) is 4.59. The lowest BCUT2D eigenvalue weighted by atomic mass is 10.1. The van der Waals surface area contributed by atoms with Gasteiger partial charge in [0.2, 0.25) is 0 Å². The summed E-state index contributed by atoms with van der Waals surface area (Å²) in [5, 5.41) is 4.85. The number of hydrogen-bond acceptors (Lipinski definition) is 4. The van der Waals surface area contributed by atoms with Crippen molar-refractivity contribution in [3.8, 4) is 0 Å². The Morgan fingerprint density at radius 1 is 1.18 bits per heavy atom. The number of fused-ring (bicyclic) bond motifs is 1. The van der Waals surface area contributed by atoms with Gasteiger partial charge >= 0.3 is 0 Å². The van der Waals surface area contributed by atoms with Gasteiger partial charge in [-0.2, -0.15) is 0 Å². The molecule has 118 valence electrons. The SMILES string of the molecule is Cc1cc(NCC(C)N2CCN(C)CC2)c2ccccc2n1. The maximum Gasteiger partial charge on any atom is 0.0725 e. The molecule has 2 aromatic rings. The van der Waals surface area contributed by atoms with Gasteiger partial charge in [-0.3, -0.25) is 9.88 Å². The number of likely N-dealkylation sites (N-methyl/N-ethyl adjacent to an activating group) is 1. The van der Waals surface area contributed by atoms with Crippen LogP contribution in [0.5, 0.6) is 0 Å². The zero-order valence-corrected chi connectivity index (χ0v) is 13.8. The molecule has 0 aliphatic carbocycles. The number of hydrogen-bond donors (Lipinski definition) is 1. The Bertz CT molecular complexity index is 632. The second-order valence-corrected chi connectivity index (χ2v) is 6.40. The first-order valence-corrected chi connectivity index (χ1v) is 8.16. The van der Waals surface area contributed by atoms with Crippen molar-refractivity contribution in [1.82, 2.24) is 14.8 Å². The Balaban J connectivity index is 1.68. The van der Waals surface area contributed by atoms with Crippen molar-refractivity contribution in [2.24, 2.45) is 0 Å². The van der Waals surface area contributed by atoms with Crippen LogP contribution in [0.2, 0.25) is 0 Å². The van der Waals surface area contributed by atoms with Crippen molar-refractivity contribution in [3.05, 3.63) is 36.0 Å². The molecule has 1 aromatic heterocycles. The van der Waals surface area contributed by atoms with Gasteiger partial charge in [0.15, 0.2) is 0 Å². The topological polar surface area (TPSA) is 31.4 Å². The zero-order chi connectivity index (χ0) is 15.5. The Kier molecular flexibility index (Phi) is 4.60. The molecule has 0 saturated carbocycles. The van der Waals surface area contributed by atoms with Gasteiger partial charge in [-0.15, -0.1) is 0 Å². The first kappa shape index (κ1) is 15.3. The molecule has 3 rings (SSSR count). The Morgan fingerprint density at radius 3 is 2.68 bits per heavy atom. The molecule has 2 heterocycles. The molecule has 1 fully saturated rings. The summed E-state index contributed by atoms with van der Waals surface area (Å²) >= 11 is 0. The van der Waals surface area contributed by atoms with Crippen LogP contribution in [0.15, 0.2) is 30.3 Å². The number of pyridine rings is 1. The van der Waals surface area contributed by atoms with Crippen molar-refractivity contribution in [2.75, 3.05) is 45.1 Å². The van der Waals surface area contributed by atoms with Gasteiger partial charge in [-0.25, -0.2) is 0 Å². The Hall–Kier alpha value is -1.65. The van der Waals surface area contributed by atoms with Crippen molar-refractivity contribution in [3.63, 3.8) is 0 Å². The average Bonchev–Trinajstić information content (AvgIpc) is 2.52. The van der Waals surface area contributed by atoms with Crippen LogP contribution in [-0.2, 0) is 0 Å². The maximum atomic E-state index is 4.61. The van der Waals surface area contributed by atoms with Crippen LogP contribution in [0.3, 0.4) is 0 Å². The van der Waals surface area contributed by atoms with E-state index in [0.717, 1.165) is 30.8 Å². The summed E-state index contributed by atoms with van der Waals surface area (Å²) in [5.41, 5.74) is 3.33. The normalized spacial score (nSPS) is 18.5. The maximum absolute atomic E-state index is 4.61.